The van der Waals surface area contributed by atoms with Gasteiger partial charge in [0.2, 0.25) is 0 Å². The van der Waals surface area contributed by atoms with Crippen LogP contribution in [0.3, 0.4) is 0 Å². The summed E-state index contributed by atoms with van der Waals surface area (Å²) in [6.07, 6.45) is 1.56. The molecule has 8 heteroatoms. The number of oxazole rings is 1. The molecular weight excluding hydrogens is 346 g/mol. The predicted octanol–water partition coefficient (Wildman–Crippen LogP) is 3.27. The molecule has 122 valence electrons. The van der Waals surface area contributed by atoms with Crippen LogP contribution in [0.2, 0.25) is 5.02 Å². The van der Waals surface area contributed by atoms with Crippen LogP contribution in [0.1, 0.15) is 11.8 Å². The topological polar surface area (TPSA) is 78.0 Å². The van der Waals surface area contributed by atoms with Gasteiger partial charge >= 0.3 is 0 Å². The highest BCUT2D eigenvalue weighted by Gasteiger charge is 2.24. The smallest absolute Gasteiger partial charge is 0.298 e. The molecule has 0 radical (unpaired) electrons. The fourth-order valence-corrected chi connectivity index (χ4v) is 3.78. The van der Waals surface area contributed by atoms with Crippen molar-refractivity contribution in [3.05, 3.63) is 28.2 Å². The van der Waals surface area contributed by atoms with E-state index in [0.717, 1.165) is 25.2 Å². The Labute approximate surface area is 147 Å². The lowest BCUT2D eigenvalue weighted by molar-refractivity contribution is 0.456. The normalized spacial score (nSPS) is 18.0. The van der Waals surface area contributed by atoms with Crippen molar-refractivity contribution in [2.24, 2.45) is 0 Å². The fourth-order valence-electron chi connectivity index (χ4n) is 2.84. The molecule has 0 saturated carbocycles. The summed E-state index contributed by atoms with van der Waals surface area (Å²) in [5, 5.41) is 13.6. The SMILES string of the molecule is C[C@H]1CNCCN1c1nc2cc(Cl)cc(-c3ncc(C#N)s3)c2o1. The molecule has 4 rings (SSSR count). The van der Waals surface area contributed by atoms with Crippen LogP contribution in [0.5, 0.6) is 0 Å². The molecule has 1 aliphatic rings. The summed E-state index contributed by atoms with van der Waals surface area (Å²) in [5.74, 6) is 0. The van der Waals surface area contributed by atoms with Crippen LogP contribution in [-0.2, 0) is 0 Å². The Hall–Kier alpha value is -2.14. The van der Waals surface area contributed by atoms with Crippen molar-refractivity contribution in [3.63, 3.8) is 0 Å². The number of fused-ring (bicyclic) bond motifs is 1. The Bertz CT molecular complexity index is 944. The van der Waals surface area contributed by atoms with Gasteiger partial charge in [-0.2, -0.15) is 10.2 Å². The number of nitrogens with zero attached hydrogens (tertiary/aromatic N) is 4. The quantitative estimate of drug-likeness (QED) is 0.756. The van der Waals surface area contributed by atoms with E-state index in [2.05, 4.69) is 33.2 Å². The van der Waals surface area contributed by atoms with Gasteiger partial charge < -0.3 is 14.6 Å². The maximum atomic E-state index is 9.02. The van der Waals surface area contributed by atoms with Gasteiger partial charge in [-0.15, -0.1) is 11.3 Å². The zero-order valence-corrected chi connectivity index (χ0v) is 14.5. The summed E-state index contributed by atoms with van der Waals surface area (Å²) >= 11 is 7.56. The van der Waals surface area contributed by atoms with E-state index in [4.69, 9.17) is 21.3 Å². The molecule has 3 aromatic rings. The van der Waals surface area contributed by atoms with E-state index >= 15 is 0 Å². The lowest BCUT2D eigenvalue weighted by Gasteiger charge is -2.32. The molecule has 3 heterocycles. The molecule has 1 atom stereocenters. The van der Waals surface area contributed by atoms with Crippen molar-refractivity contribution in [2.45, 2.75) is 13.0 Å². The zero-order chi connectivity index (χ0) is 16.7. The highest BCUT2D eigenvalue weighted by molar-refractivity contribution is 7.15. The number of nitriles is 1. The second kappa shape index (κ2) is 6.06. The number of benzene rings is 1. The second-order valence-corrected chi connectivity index (χ2v) is 7.15. The van der Waals surface area contributed by atoms with Crippen molar-refractivity contribution in [1.29, 1.82) is 5.26 Å². The molecule has 1 fully saturated rings. The van der Waals surface area contributed by atoms with Crippen molar-refractivity contribution < 1.29 is 4.42 Å². The summed E-state index contributed by atoms with van der Waals surface area (Å²) in [6, 6.07) is 6.60. The van der Waals surface area contributed by atoms with Crippen LogP contribution in [-0.4, -0.2) is 35.6 Å². The molecule has 1 aliphatic heterocycles. The van der Waals surface area contributed by atoms with Gasteiger partial charge in [0.15, 0.2) is 5.58 Å². The summed E-state index contributed by atoms with van der Waals surface area (Å²) < 4.78 is 6.07. The molecule has 6 nitrogen and oxygen atoms in total. The lowest BCUT2D eigenvalue weighted by atomic mass is 10.2. The number of anilines is 1. The van der Waals surface area contributed by atoms with Crippen LogP contribution in [0.15, 0.2) is 22.7 Å². The van der Waals surface area contributed by atoms with E-state index in [1.165, 1.54) is 11.3 Å². The Morgan fingerprint density at radius 2 is 2.38 bits per heavy atom. The van der Waals surface area contributed by atoms with Crippen molar-refractivity contribution in [1.82, 2.24) is 15.3 Å². The lowest BCUT2D eigenvalue weighted by Crippen LogP contribution is -2.50. The van der Waals surface area contributed by atoms with Gasteiger partial charge in [0.25, 0.3) is 6.01 Å². The van der Waals surface area contributed by atoms with Crippen molar-refractivity contribution in [3.8, 4) is 16.6 Å². The van der Waals surface area contributed by atoms with Crippen LogP contribution in [0, 0.1) is 11.3 Å². The fraction of sp³-hybridized carbons (Fsp3) is 0.312. The number of piperazine rings is 1. The minimum absolute atomic E-state index is 0.302. The highest BCUT2D eigenvalue weighted by atomic mass is 35.5. The second-order valence-electron chi connectivity index (χ2n) is 5.69. The minimum atomic E-state index is 0.302. The molecule has 0 bridgehead atoms. The third-order valence-electron chi connectivity index (χ3n) is 4.04. The standard InChI is InChI=1S/C16H14ClN5OS/c1-9-7-19-2-3-22(9)16-21-13-5-10(17)4-12(14(13)23-16)15-20-8-11(6-18)24-15/h4-5,8-9,19H,2-3,7H2,1H3/t9-/m0/s1. The monoisotopic (exact) mass is 359 g/mol. The van der Waals surface area contributed by atoms with Crippen LogP contribution >= 0.6 is 22.9 Å². The highest BCUT2D eigenvalue weighted by Crippen LogP contribution is 2.36. The summed E-state index contributed by atoms with van der Waals surface area (Å²) in [7, 11) is 0. The number of nitrogens with one attached hydrogen (secondary N) is 1. The van der Waals surface area contributed by atoms with Crippen LogP contribution in [0.25, 0.3) is 21.7 Å². The van der Waals surface area contributed by atoms with Gasteiger partial charge in [-0.25, -0.2) is 4.98 Å². The maximum absolute atomic E-state index is 9.02. The van der Waals surface area contributed by atoms with Crippen LogP contribution < -0.4 is 10.2 Å². The average Bonchev–Trinajstić information content (AvgIpc) is 3.20. The summed E-state index contributed by atoms with van der Waals surface area (Å²) in [6.45, 7) is 4.76. The average molecular weight is 360 g/mol. The van der Waals surface area contributed by atoms with Crippen molar-refractivity contribution in [2.75, 3.05) is 24.5 Å². The summed E-state index contributed by atoms with van der Waals surface area (Å²) in [4.78, 5) is 11.6. The number of rotatable bonds is 2. The van der Waals surface area contributed by atoms with Gasteiger partial charge in [0.05, 0.1) is 11.8 Å². The Kier molecular flexibility index (Phi) is 3.88. The number of hydrogen-bond donors (Lipinski definition) is 1. The summed E-state index contributed by atoms with van der Waals surface area (Å²) in [5.41, 5.74) is 2.12. The number of hydrogen-bond acceptors (Lipinski definition) is 7. The van der Waals surface area contributed by atoms with E-state index in [0.29, 0.717) is 38.1 Å². The molecule has 1 saturated heterocycles. The van der Waals surface area contributed by atoms with Gasteiger partial charge in [-0.3, -0.25) is 0 Å². The molecular formula is C16H14ClN5OS. The Morgan fingerprint density at radius 3 is 3.12 bits per heavy atom. The molecule has 0 unspecified atom stereocenters. The Balaban J connectivity index is 1.84. The van der Waals surface area contributed by atoms with Gasteiger partial charge in [-0.05, 0) is 19.1 Å². The van der Waals surface area contributed by atoms with Gasteiger partial charge in [0, 0.05) is 30.7 Å². The van der Waals surface area contributed by atoms with E-state index in [-0.39, 0.29) is 0 Å². The Morgan fingerprint density at radius 1 is 1.50 bits per heavy atom. The first-order valence-corrected chi connectivity index (χ1v) is 8.79. The van der Waals surface area contributed by atoms with Crippen molar-refractivity contribution >= 4 is 40.1 Å². The number of aromatic nitrogens is 2. The molecule has 0 amide bonds. The van der Waals surface area contributed by atoms with E-state index in [1.54, 1.807) is 18.3 Å². The van der Waals surface area contributed by atoms with Gasteiger partial charge in [-0.1, -0.05) is 11.6 Å². The van der Waals surface area contributed by atoms with E-state index < -0.39 is 0 Å². The largest absolute Gasteiger partial charge is 0.423 e. The number of halogens is 1. The van der Waals surface area contributed by atoms with E-state index in [1.807, 2.05) is 0 Å². The van der Waals surface area contributed by atoms with E-state index in [9.17, 15) is 0 Å². The number of thiazole rings is 1. The molecule has 0 spiro atoms. The van der Waals surface area contributed by atoms with Gasteiger partial charge in [0.1, 0.15) is 21.5 Å². The minimum Gasteiger partial charge on any atom is -0.423 e. The maximum Gasteiger partial charge on any atom is 0.298 e. The predicted molar refractivity (Wildman–Crippen MR) is 94.5 cm³/mol. The molecule has 24 heavy (non-hydrogen) atoms. The third-order valence-corrected chi connectivity index (χ3v) is 5.19. The third kappa shape index (κ3) is 2.63. The molecule has 1 aromatic carbocycles. The molecule has 2 aromatic heterocycles. The van der Waals surface area contributed by atoms with Crippen LogP contribution in [0.4, 0.5) is 6.01 Å². The first-order chi connectivity index (χ1) is 11.7. The molecule has 0 aliphatic carbocycles. The molecule has 1 N–H and O–H groups in total. The zero-order valence-electron chi connectivity index (χ0n) is 12.9. The first-order valence-electron chi connectivity index (χ1n) is 7.59. The first kappa shape index (κ1) is 15.4.